The zero-order chi connectivity index (χ0) is 19.7. The molecule has 0 unspecified atom stereocenters. The molecule has 0 bridgehead atoms. The van der Waals surface area contributed by atoms with Gasteiger partial charge in [-0.1, -0.05) is 18.2 Å². The van der Waals surface area contributed by atoms with Crippen LogP contribution in [0.5, 0.6) is 0 Å². The second kappa shape index (κ2) is 7.19. The van der Waals surface area contributed by atoms with Crippen molar-refractivity contribution in [1.29, 1.82) is 0 Å². The molecule has 0 atom stereocenters. The molecule has 4 rings (SSSR count). The minimum absolute atomic E-state index is 0.371. The maximum absolute atomic E-state index is 12.4. The predicted molar refractivity (Wildman–Crippen MR) is 111 cm³/mol. The van der Waals surface area contributed by atoms with E-state index in [0.29, 0.717) is 11.3 Å². The third kappa shape index (κ3) is 2.91. The Kier molecular flexibility index (Phi) is 4.57. The molecule has 5 nitrogen and oxygen atoms in total. The summed E-state index contributed by atoms with van der Waals surface area (Å²) in [6.45, 7) is 0. The number of carbonyl (C=O) groups excluding carboxylic acids is 1. The number of hydrogen-bond donors (Lipinski definition) is 1. The van der Waals surface area contributed by atoms with Crippen molar-refractivity contribution in [2.75, 3.05) is 26.5 Å². The molecule has 0 amide bonds. The number of ether oxygens (including phenoxy) is 1. The molecule has 5 heteroatoms. The largest absolute Gasteiger partial charge is 0.465 e. The van der Waals surface area contributed by atoms with Gasteiger partial charge in [-0.2, -0.15) is 0 Å². The Morgan fingerprint density at radius 1 is 1.04 bits per heavy atom. The highest BCUT2D eigenvalue weighted by atomic mass is 16.5. The minimum atomic E-state index is -0.371. The Balaban J connectivity index is 2.16. The molecule has 2 aliphatic rings. The Hall–Kier alpha value is -3.60. The Labute approximate surface area is 162 Å². The van der Waals surface area contributed by atoms with Gasteiger partial charge in [0.25, 0.3) is 0 Å². The van der Waals surface area contributed by atoms with E-state index >= 15 is 0 Å². The number of hydrogen-bond acceptors (Lipinski definition) is 5. The van der Waals surface area contributed by atoms with Crippen LogP contribution in [0.25, 0.3) is 33.4 Å². The number of anilines is 1. The fraction of sp³-hybridized carbons (Fsp3) is 0.130. The van der Waals surface area contributed by atoms with Gasteiger partial charge < -0.3 is 14.5 Å². The summed E-state index contributed by atoms with van der Waals surface area (Å²) < 4.78 is 11.2. The first-order valence-corrected chi connectivity index (χ1v) is 8.95. The van der Waals surface area contributed by atoms with E-state index < -0.39 is 0 Å². The van der Waals surface area contributed by atoms with Gasteiger partial charge in [0.05, 0.1) is 18.0 Å². The van der Waals surface area contributed by atoms with Crippen LogP contribution >= 0.6 is 0 Å². The molecule has 1 aliphatic heterocycles. The first-order chi connectivity index (χ1) is 13.7. The Morgan fingerprint density at radius 2 is 1.86 bits per heavy atom. The van der Waals surface area contributed by atoms with Gasteiger partial charge >= 0.3 is 5.97 Å². The fourth-order valence-electron chi connectivity index (χ4n) is 3.45. The summed E-state index contributed by atoms with van der Waals surface area (Å²) in [5.41, 5.74) is 4.83. The van der Waals surface area contributed by atoms with E-state index in [1.807, 2.05) is 61.6 Å². The molecule has 0 spiro atoms. The molecule has 0 saturated carbocycles. The molecule has 0 aromatic heterocycles. The molecule has 0 radical (unpaired) electrons. The van der Waals surface area contributed by atoms with E-state index in [0.717, 1.165) is 38.7 Å². The highest BCUT2D eigenvalue weighted by Gasteiger charge is 2.21. The normalized spacial score (nSPS) is 11.8. The lowest BCUT2D eigenvalue weighted by Gasteiger charge is -2.17. The summed E-state index contributed by atoms with van der Waals surface area (Å²) >= 11 is 0. The first-order valence-electron chi connectivity index (χ1n) is 8.95. The van der Waals surface area contributed by atoms with Gasteiger partial charge in [-0.25, -0.2) is 4.79 Å². The number of rotatable bonds is 3. The van der Waals surface area contributed by atoms with Crippen LogP contribution in [0.4, 0.5) is 5.69 Å². The lowest BCUT2D eigenvalue weighted by molar-refractivity contribution is 0.0601. The Morgan fingerprint density at radius 3 is 2.61 bits per heavy atom. The van der Waals surface area contributed by atoms with Crippen molar-refractivity contribution >= 4 is 22.6 Å². The van der Waals surface area contributed by atoms with Crippen molar-refractivity contribution in [1.82, 2.24) is 0 Å². The van der Waals surface area contributed by atoms with Gasteiger partial charge in [0.1, 0.15) is 11.3 Å². The standard InChI is InChI=1S/C23H20N2O3/c1-24-14-8-10-18-20(12-14)28-21-13-15(25-2)9-11-19(21)22(18)16-6-4-5-7-17(16)23(26)27-3/h4-13,24H,1-3H3. The maximum Gasteiger partial charge on any atom is 0.338 e. The van der Waals surface area contributed by atoms with Crippen molar-refractivity contribution in [3.05, 3.63) is 71.6 Å². The van der Waals surface area contributed by atoms with Crippen molar-refractivity contribution < 1.29 is 13.9 Å². The van der Waals surface area contributed by atoms with Crippen LogP contribution in [-0.2, 0) is 4.74 Å². The Bertz CT molecular complexity index is 1220. The topological polar surface area (TPSA) is 63.8 Å². The number of methoxy groups -OCH3 is 1. The summed E-state index contributed by atoms with van der Waals surface area (Å²) in [4.78, 5) is 16.7. The van der Waals surface area contributed by atoms with Gasteiger partial charge in [-0.3, -0.25) is 4.99 Å². The summed E-state index contributed by atoms with van der Waals surface area (Å²) in [6.07, 6.45) is 0. The van der Waals surface area contributed by atoms with Gasteiger partial charge in [-0.05, 0) is 35.9 Å². The number of nitrogens with zero attached hydrogens (tertiary/aromatic N) is 1. The summed E-state index contributed by atoms with van der Waals surface area (Å²) in [7, 11) is 5.00. The van der Waals surface area contributed by atoms with E-state index in [4.69, 9.17) is 9.15 Å². The lowest BCUT2D eigenvalue weighted by Crippen LogP contribution is -2.06. The number of benzene rings is 3. The van der Waals surface area contributed by atoms with Crippen molar-refractivity contribution in [2.24, 2.45) is 4.99 Å². The highest BCUT2D eigenvalue weighted by molar-refractivity contribution is 6.08. The minimum Gasteiger partial charge on any atom is -0.465 e. The zero-order valence-corrected chi connectivity index (χ0v) is 15.9. The summed E-state index contributed by atoms with van der Waals surface area (Å²) in [5.74, 6) is 0.336. The average Bonchev–Trinajstić information content (AvgIpc) is 2.76. The fourth-order valence-corrected chi connectivity index (χ4v) is 3.45. The van der Waals surface area contributed by atoms with Crippen molar-refractivity contribution in [3.8, 4) is 22.5 Å². The van der Waals surface area contributed by atoms with Gasteiger partial charge in [0.2, 0.25) is 0 Å². The predicted octanol–water partition coefficient (Wildman–Crippen LogP) is 4.56. The number of esters is 1. The third-order valence-electron chi connectivity index (χ3n) is 4.85. The third-order valence-corrected chi connectivity index (χ3v) is 4.85. The molecular weight excluding hydrogens is 352 g/mol. The zero-order valence-electron chi connectivity index (χ0n) is 15.9. The molecule has 0 fully saturated rings. The highest BCUT2D eigenvalue weighted by Crippen LogP contribution is 2.41. The molecule has 28 heavy (non-hydrogen) atoms. The molecule has 2 aromatic carbocycles. The lowest BCUT2D eigenvalue weighted by atomic mass is 9.90. The van der Waals surface area contributed by atoms with Gasteiger partial charge in [-0.15, -0.1) is 0 Å². The number of nitrogens with one attached hydrogen (secondary N) is 1. The van der Waals surface area contributed by atoms with Crippen LogP contribution in [-0.4, -0.2) is 27.2 Å². The summed E-state index contributed by atoms with van der Waals surface area (Å²) in [6, 6.07) is 19.2. The second-order valence-corrected chi connectivity index (χ2v) is 6.38. The number of carbonyl (C=O) groups is 1. The smallest absolute Gasteiger partial charge is 0.338 e. The summed E-state index contributed by atoms with van der Waals surface area (Å²) in [5, 5.41) is 4.88. The molecule has 0 saturated heterocycles. The van der Waals surface area contributed by atoms with Crippen LogP contribution in [0.2, 0.25) is 0 Å². The SMILES string of the molecule is CN=c1ccc2c(-c3ccccc3C(=O)OC)c3ccc(NC)cc3oc-2c1. The molecular formula is C23H20N2O3. The molecule has 1 N–H and O–H groups in total. The van der Waals surface area contributed by atoms with E-state index in [2.05, 4.69) is 10.3 Å². The van der Waals surface area contributed by atoms with E-state index in [-0.39, 0.29) is 5.97 Å². The van der Waals surface area contributed by atoms with Crippen LogP contribution in [0, 0.1) is 0 Å². The maximum atomic E-state index is 12.4. The van der Waals surface area contributed by atoms with Crippen LogP contribution < -0.4 is 10.7 Å². The van der Waals surface area contributed by atoms with Gasteiger partial charge in [0.15, 0.2) is 0 Å². The quantitative estimate of drug-likeness (QED) is 0.423. The molecule has 2 aromatic rings. The second-order valence-electron chi connectivity index (χ2n) is 6.38. The van der Waals surface area contributed by atoms with Crippen molar-refractivity contribution in [2.45, 2.75) is 0 Å². The van der Waals surface area contributed by atoms with E-state index in [9.17, 15) is 4.79 Å². The van der Waals surface area contributed by atoms with Crippen LogP contribution in [0.3, 0.4) is 0 Å². The average molecular weight is 372 g/mol. The van der Waals surface area contributed by atoms with Crippen LogP contribution in [0.1, 0.15) is 10.4 Å². The van der Waals surface area contributed by atoms with Gasteiger partial charge in [0, 0.05) is 48.4 Å². The number of fused-ring (bicyclic) bond motifs is 2. The van der Waals surface area contributed by atoms with E-state index in [1.165, 1.54) is 7.11 Å². The molecule has 1 heterocycles. The van der Waals surface area contributed by atoms with Crippen LogP contribution in [0.15, 0.2) is 70.1 Å². The molecule has 140 valence electrons. The van der Waals surface area contributed by atoms with E-state index in [1.54, 1.807) is 13.1 Å². The van der Waals surface area contributed by atoms with Crippen molar-refractivity contribution in [3.63, 3.8) is 0 Å². The monoisotopic (exact) mass is 372 g/mol. The molecule has 1 aliphatic carbocycles. The first kappa shape index (κ1) is 17.8.